The fourth-order valence-electron chi connectivity index (χ4n) is 0.541. The van der Waals surface area contributed by atoms with E-state index in [1.807, 2.05) is 0 Å². The summed E-state index contributed by atoms with van der Waals surface area (Å²) in [5.74, 6) is 0.840. The van der Waals surface area contributed by atoms with E-state index in [9.17, 15) is 17.3 Å². The standard InChI is InChI=1S/C5H8N2O.BF4/c8-4-1-5-6-2-3-7-5;2-1(3,4)5/h2-3,8H,1,4H2,(H,6,7);/q;-1. The second-order valence-corrected chi connectivity index (χ2v) is 2.00. The summed E-state index contributed by atoms with van der Waals surface area (Å²) in [4.78, 5) is 6.76. The number of aromatic amines is 1. The Hall–Kier alpha value is -1.05. The van der Waals surface area contributed by atoms with Crippen molar-refractivity contribution in [1.29, 1.82) is 0 Å². The number of aliphatic hydroxyl groups is 1. The minimum atomic E-state index is -6.00. The molecule has 0 bridgehead atoms. The van der Waals surface area contributed by atoms with Crippen LogP contribution < -0.4 is 0 Å². The van der Waals surface area contributed by atoms with Gasteiger partial charge in [0, 0.05) is 18.8 Å². The van der Waals surface area contributed by atoms with Gasteiger partial charge in [0.2, 0.25) is 0 Å². The highest BCUT2D eigenvalue weighted by molar-refractivity contribution is 6.50. The van der Waals surface area contributed by atoms with Crippen molar-refractivity contribution in [1.82, 2.24) is 9.97 Å². The zero-order chi connectivity index (χ0) is 10.3. The number of nitrogens with one attached hydrogen (secondary N) is 1. The van der Waals surface area contributed by atoms with Crippen molar-refractivity contribution in [2.24, 2.45) is 0 Å². The first kappa shape index (κ1) is 12.0. The molecule has 0 fully saturated rings. The van der Waals surface area contributed by atoms with Gasteiger partial charge in [-0.2, -0.15) is 0 Å². The molecule has 0 atom stereocenters. The average molecular weight is 199 g/mol. The van der Waals surface area contributed by atoms with E-state index in [-0.39, 0.29) is 6.61 Å². The molecule has 1 rings (SSSR count). The molecule has 0 aliphatic heterocycles. The van der Waals surface area contributed by atoms with E-state index in [2.05, 4.69) is 9.97 Å². The van der Waals surface area contributed by atoms with Crippen LogP contribution in [0.3, 0.4) is 0 Å². The van der Waals surface area contributed by atoms with Gasteiger partial charge in [-0.1, -0.05) is 0 Å². The van der Waals surface area contributed by atoms with Gasteiger partial charge in [0.25, 0.3) is 0 Å². The molecule has 0 spiro atoms. The Balaban J connectivity index is 0.000000252. The van der Waals surface area contributed by atoms with Crippen molar-refractivity contribution in [2.75, 3.05) is 6.61 Å². The average Bonchev–Trinajstić information content (AvgIpc) is 2.36. The van der Waals surface area contributed by atoms with Crippen LogP contribution in [-0.2, 0) is 6.42 Å². The molecule has 2 N–H and O–H groups in total. The molecule has 3 nitrogen and oxygen atoms in total. The largest absolute Gasteiger partial charge is 0.673 e. The van der Waals surface area contributed by atoms with E-state index in [1.54, 1.807) is 12.4 Å². The number of rotatable bonds is 2. The lowest BCUT2D eigenvalue weighted by Crippen LogP contribution is -2.02. The molecule has 1 aromatic heterocycles. The normalized spacial score (nSPS) is 10.5. The molecular weight excluding hydrogens is 191 g/mol. The van der Waals surface area contributed by atoms with E-state index in [0.29, 0.717) is 6.42 Å². The highest BCUT2D eigenvalue weighted by atomic mass is 19.5. The van der Waals surface area contributed by atoms with Gasteiger partial charge in [-0.05, 0) is 0 Å². The smallest absolute Gasteiger partial charge is 0.418 e. The van der Waals surface area contributed by atoms with Crippen molar-refractivity contribution in [3.05, 3.63) is 18.2 Å². The van der Waals surface area contributed by atoms with E-state index in [4.69, 9.17) is 5.11 Å². The number of nitrogens with zero attached hydrogens (tertiary/aromatic N) is 1. The predicted octanol–water partition coefficient (Wildman–Crippen LogP) is 1.24. The molecule has 1 aromatic rings. The lowest BCUT2D eigenvalue weighted by molar-refractivity contribution is 0.297. The first-order valence-electron chi connectivity index (χ1n) is 3.40. The molecule has 0 aliphatic carbocycles. The van der Waals surface area contributed by atoms with Crippen LogP contribution in [0, 0.1) is 0 Å². The van der Waals surface area contributed by atoms with E-state index in [0.717, 1.165) is 5.82 Å². The summed E-state index contributed by atoms with van der Waals surface area (Å²) >= 11 is 0. The van der Waals surface area contributed by atoms with Crippen molar-refractivity contribution in [3.8, 4) is 0 Å². The zero-order valence-corrected chi connectivity index (χ0v) is 6.55. The summed E-state index contributed by atoms with van der Waals surface area (Å²) in [5.41, 5.74) is 0. The topological polar surface area (TPSA) is 48.9 Å². The highest BCUT2D eigenvalue weighted by Gasteiger charge is 2.20. The van der Waals surface area contributed by atoms with Crippen molar-refractivity contribution in [3.63, 3.8) is 0 Å². The second-order valence-electron chi connectivity index (χ2n) is 2.00. The zero-order valence-electron chi connectivity index (χ0n) is 6.55. The molecule has 0 saturated heterocycles. The molecule has 0 unspecified atom stereocenters. The van der Waals surface area contributed by atoms with Crippen molar-refractivity contribution < 1.29 is 22.4 Å². The number of aliphatic hydroxyl groups excluding tert-OH is 1. The SMILES string of the molecule is F[B-](F)(F)F.OCCc1ncc[nH]1. The Bertz CT molecular complexity index is 207. The number of halogens is 4. The van der Waals surface area contributed by atoms with Crippen LogP contribution in [-0.4, -0.2) is 28.9 Å². The molecular formula is C5H8BF4N2O-. The molecule has 76 valence electrons. The Kier molecular flexibility index (Phi) is 5.13. The number of H-pyrrole nitrogens is 1. The van der Waals surface area contributed by atoms with Crippen molar-refractivity contribution in [2.45, 2.75) is 6.42 Å². The Morgan fingerprint density at radius 3 is 2.23 bits per heavy atom. The van der Waals surface area contributed by atoms with Crippen LogP contribution in [0.1, 0.15) is 5.82 Å². The van der Waals surface area contributed by atoms with Gasteiger partial charge in [0.1, 0.15) is 5.82 Å². The third-order valence-corrected chi connectivity index (χ3v) is 0.903. The maximum atomic E-state index is 9.75. The third-order valence-electron chi connectivity index (χ3n) is 0.903. The Labute approximate surface area is 71.9 Å². The molecule has 0 radical (unpaired) electrons. The summed E-state index contributed by atoms with van der Waals surface area (Å²) in [7, 11) is -6.00. The van der Waals surface area contributed by atoms with E-state index in [1.165, 1.54) is 0 Å². The number of hydrogen-bond acceptors (Lipinski definition) is 2. The summed E-state index contributed by atoms with van der Waals surface area (Å²) in [5, 5.41) is 8.38. The quantitative estimate of drug-likeness (QED) is 0.556. The van der Waals surface area contributed by atoms with Crippen LogP contribution in [0.5, 0.6) is 0 Å². The van der Waals surface area contributed by atoms with Gasteiger partial charge in [-0.15, -0.1) is 0 Å². The number of hydrogen-bond donors (Lipinski definition) is 2. The molecule has 0 amide bonds. The van der Waals surface area contributed by atoms with E-state index < -0.39 is 7.25 Å². The Morgan fingerprint density at radius 2 is 1.92 bits per heavy atom. The lowest BCUT2D eigenvalue weighted by Gasteiger charge is -1.94. The summed E-state index contributed by atoms with van der Waals surface area (Å²) in [6.07, 6.45) is 4.03. The van der Waals surface area contributed by atoms with Crippen molar-refractivity contribution >= 4 is 7.25 Å². The molecule has 0 aliphatic rings. The van der Waals surface area contributed by atoms with Crippen LogP contribution in [0.4, 0.5) is 17.3 Å². The van der Waals surface area contributed by atoms with Crippen LogP contribution in [0.15, 0.2) is 12.4 Å². The maximum Gasteiger partial charge on any atom is 0.673 e. The van der Waals surface area contributed by atoms with Gasteiger partial charge in [-0.3, -0.25) is 0 Å². The van der Waals surface area contributed by atoms with Gasteiger partial charge in [0.15, 0.2) is 0 Å². The number of imidazole rings is 1. The highest BCUT2D eigenvalue weighted by Crippen LogP contribution is 2.06. The predicted molar refractivity (Wildman–Crippen MR) is 39.6 cm³/mol. The lowest BCUT2D eigenvalue weighted by atomic mass is 10.3. The van der Waals surface area contributed by atoms with Gasteiger partial charge in [-0.25, -0.2) is 4.98 Å². The first-order valence-corrected chi connectivity index (χ1v) is 3.40. The minimum Gasteiger partial charge on any atom is -0.418 e. The fourth-order valence-corrected chi connectivity index (χ4v) is 0.541. The number of aromatic nitrogens is 2. The van der Waals surface area contributed by atoms with Gasteiger partial charge in [0.05, 0.1) is 6.61 Å². The molecule has 0 aromatic carbocycles. The fraction of sp³-hybridized carbons (Fsp3) is 0.400. The third kappa shape index (κ3) is 11.0. The second kappa shape index (κ2) is 5.57. The first-order chi connectivity index (χ1) is 5.93. The van der Waals surface area contributed by atoms with Gasteiger partial charge >= 0.3 is 7.25 Å². The minimum absolute atomic E-state index is 0.160. The molecule has 13 heavy (non-hydrogen) atoms. The summed E-state index contributed by atoms with van der Waals surface area (Å²) < 4.78 is 39.0. The Morgan fingerprint density at radius 1 is 1.38 bits per heavy atom. The van der Waals surface area contributed by atoms with Crippen LogP contribution in [0.2, 0.25) is 0 Å². The molecule has 0 saturated carbocycles. The maximum absolute atomic E-state index is 9.75. The molecule has 8 heteroatoms. The van der Waals surface area contributed by atoms with Crippen LogP contribution >= 0.6 is 0 Å². The van der Waals surface area contributed by atoms with E-state index >= 15 is 0 Å². The summed E-state index contributed by atoms with van der Waals surface area (Å²) in [6.45, 7) is 0.160. The van der Waals surface area contributed by atoms with Gasteiger partial charge < -0.3 is 27.4 Å². The van der Waals surface area contributed by atoms with Crippen LogP contribution in [0.25, 0.3) is 0 Å². The monoisotopic (exact) mass is 199 g/mol. The summed E-state index contributed by atoms with van der Waals surface area (Å²) in [6, 6.07) is 0. The molecule has 1 heterocycles.